The SMILES string of the molecule is CC(=O)c1cc(F)c(C(F)(F)F)cc1C(F)F. The highest BCUT2D eigenvalue weighted by Gasteiger charge is 2.36. The number of benzene rings is 1. The molecule has 1 aromatic carbocycles. The van der Waals surface area contributed by atoms with Crippen LogP contribution in [0.1, 0.15) is 34.8 Å². The second-order valence-corrected chi connectivity index (χ2v) is 3.27. The van der Waals surface area contributed by atoms with Crippen LogP contribution < -0.4 is 0 Å². The van der Waals surface area contributed by atoms with Gasteiger partial charge >= 0.3 is 6.18 Å². The van der Waals surface area contributed by atoms with Gasteiger partial charge in [0.15, 0.2) is 5.78 Å². The second kappa shape index (κ2) is 4.38. The third kappa shape index (κ3) is 2.78. The Balaban J connectivity index is 3.51. The third-order valence-corrected chi connectivity index (χ3v) is 2.06. The van der Waals surface area contributed by atoms with Crippen molar-refractivity contribution in [1.29, 1.82) is 0 Å². The second-order valence-electron chi connectivity index (χ2n) is 3.27. The number of halogens is 6. The maximum absolute atomic E-state index is 13.0. The molecule has 1 rings (SSSR count). The molecule has 0 unspecified atom stereocenters. The van der Waals surface area contributed by atoms with Crippen LogP contribution in [-0.4, -0.2) is 5.78 Å². The van der Waals surface area contributed by atoms with Crippen molar-refractivity contribution in [2.24, 2.45) is 0 Å². The first-order chi connectivity index (χ1) is 7.64. The zero-order valence-corrected chi connectivity index (χ0v) is 8.41. The van der Waals surface area contributed by atoms with Crippen molar-refractivity contribution in [2.45, 2.75) is 19.5 Å². The van der Waals surface area contributed by atoms with E-state index in [1.54, 1.807) is 0 Å². The van der Waals surface area contributed by atoms with E-state index in [0.717, 1.165) is 6.92 Å². The summed E-state index contributed by atoms with van der Waals surface area (Å²) in [4.78, 5) is 10.9. The van der Waals surface area contributed by atoms with E-state index in [1.807, 2.05) is 0 Å². The average molecular weight is 256 g/mol. The molecule has 0 N–H and O–H groups in total. The van der Waals surface area contributed by atoms with Gasteiger partial charge in [-0.05, 0) is 19.1 Å². The lowest BCUT2D eigenvalue weighted by Crippen LogP contribution is -2.12. The monoisotopic (exact) mass is 256 g/mol. The van der Waals surface area contributed by atoms with Gasteiger partial charge in [0.2, 0.25) is 0 Å². The minimum atomic E-state index is -5.08. The zero-order valence-electron chi connectivity index (χ0n) is 8.41. The van der Waals surface area contributed by atoms with Crippen LogP contribution in [0.5, 0.6) is 0 Å². The Labute approximate surface area is 92.0 Å². The van der Waals surface area contributed by atoms with Crippen LogP contribution in [0.25, 0.3) is 0 Å². The molecule has 0 heterocycles. The maximum Gasteiger partial charge on any atom is 0.419 e. The summed E-state index contributed by atoms with van der Waals surface area (Å²) >= 11 is 0. The van der Waals surface area contributed by atoms with E-state index in [4.69, 9.17) is 0 Å². The predicted octanol–water partition coefficient (Wildman–Crippen LogP) is 3.98. The summed E-state index contributed by atoms with van der Waals surface area (Å²) < 4.78 is 74.7. The Bertz CT molecular complexity index is 449. The van der Waals surface area contributed by atoms with Crippen LogP contribution in [0.2, 0.25) is 0 Å². The van der Waals surface area contributed by atoms with Crippen LogP contribution >= 0.6 is 0 Å². The molecule has 0 spiro atoms. The summed E-state index contributed by atoms with van der Waals surface area (Å²) in [5.41, 5.74) is -3.67. The molecule has 0 aliphatic carbocycles. The minimum absolute atomic E-state index is 0.0310. The first-order valence-corrected chi connectivity index (χ1v) is 4.34. The van der Waals surface area contributed by atoms with Crippen molar-refractivity contribution in [3.8, 4) is 0 Å². The van der Waals surface area contributed by atoms with Crippen LogP contribution in [-0.2, 0) is 6.18 Å². The lowest BCUT2D eigenvalue weighted by Gasteiger charge is -2.12. The van der Waals surface area contributed by atoms with Crippen LogP contribution in [0.3, 0.4) is 0 Å². The fourth-order valence-electron chi connectivity index (χ4n) is 1.29. The quantitative estimate of drug-likeness (QED) is 0.577. The first-order valence-electron chi connectivity index (χ1n) is 4.34. The van der Waals surface area contributed by atoms with Crippen LogP contribution in [0, 0.1) is 5.82 Å². The highest BCUT2D eigenvalue weighted by Crippen LogP contribution is 2.35. The van der Waals surface area contributed by atoms with Gasteiger partial charge in [-0.3, -0.25) is 4.79 Å². The van der Waals surface area contributed by atoms with E-state index >= 15 is 0 Å². The molecule has 0 saturated carbocycles. The van der Waals surface area contributed by atoms with Gasteiger partial charge in [0.1, 0.15) is 5.82 Å². The van der Waals surface area contributed by atoms with Gasteiger partial charge in [0.05, 0.1) is 5.56 Å². The molecule has 0 amide bonds. The van der Waals surface area contributed by atoms with Crippen molar-refractivity contribution < 1.29 is 31.1 Å². The van der Waals surface area contributed by atoms with Crippen LogP contribution in [0.15, 0.2) is 12.1 Å². The van der Waals surface area contributed by atoms with Gasteiger partial charge in [-0.25, -0.2) is 13.2 Å². The van der Waals surface area contributed by atoms with Crippen molar-refractivity contribution in [1.82, 2.24) is 0 Å². The molecule has 0 bridgehead atoms. The van der Waals surface area contributed by atoms with E-state index in [0.29, 0.717) is 0 Å². The number of carbonyl (C=O) groups excluding carboxylic acids is 1. The van der Waals surface area contributed by atoms with Gasteiger partial charge in [-0.2, -0.15) is 13.2 Å². The minimum Gasteiger partial charge on any atom is -0.294 e. The molecule has 1 aromatic rings. The summed E-state index contributed by atoms with van der Waals surface area (Å²) in [5, 5.41) is 0. The molecule has 0 atom stereocenters. The molecular formula is C10H6F6O. The number of alkyl halides is 5. The summed E-state index contributed by atoms with van der Waals surface area (Å²) in [7, 11) is 0. The smallest absolute Gasteiger partial charge is 0.294 e. The number of rotatable bonds is 2. The molecule has 17 heavy (non-hydrogen) atoms. The van der Waals surface area contributed by atoms with Gasteiger partial charge in [0.25, 0.3) is 6.43 Å². The predicted molar refractivity (Wildman–Crippen MR) is 46.4 cm³/mol. The van der Waals surface area contributed by atoms with E-state index in [-0.39, 0.29) is 12.1 Å². The average Bonchev–Trinajstić information content (AvgIpc) is 2.14. The Morgan fingerprint density at radius 3 is 2.12 bits per heavy atom. The lowest BCUT2D eigenvalue weighted by atomic mass is 10.0. The summed E-state index contributed by atoms with van der Waals surface area (Å²) in [6, 6.07) is 0.156. The third-order valence-electron chi connectivity index (χ3n) is 2.06. The molecular weight excluding hydrogens is 250 g/mol. The van der Waals surface area contributed by atoms with Gasteiger partial charge < -0.3 is 0 Å². The molecule has 0 aliphatic rings. The first kappa shape index (κ1) is 13.5. The van der Waals surface area contributed by atoms with Gasteiger partial charge in [-0.15, -0.1) is 0 Å². The van der Waals surface area contributed by atoms with Crippen molar-refractivity contribution in [3.63, 3.8) is 0 Å². The van der Waals surface area contributed by atoms with E-state index < -0.39 is 40.9 Å². The van der Waals surface area contributed by atoms with Crippen molar-refractivity contribution in [2.75, 3.05) is 0 Å². The molecule has 94 valence electrons. The number of ketones is 1. The van der Waals surface area contributed by atoms with Gasteiger partial charge in [-0.1, -0.05) is 0 Å². The molecule has 0 saturated heterocycles. The summed E-state index contributed by atoms with van der Waals surface area (Å²) in [6.45, 7) is 0.869. The highest BCUT2D eigenvalue weighted by molar-refractivity contribution is 5.95. The number of Topliss-reactive ketones (excluding diaryl/α,β-unsaturated/α-hetero) is 1. The Kier molecular flexibility index (Phi) is 3.49. The van der Waals surface area contributed by atoms with E-state index in [2.05, 4.69) is 0 Å². The number of hydrogen-bond acceptors (Lipinski definition) is 1. The number of carbonyl (C=O) groups is 1. The van der Waals surface area contributed by atoms with E-state index in [9.17, 15) is 31.1 Å². The molecule has 1 nitrogen and oxygen atoms in total. The topological polar surface area (TPSA) is 17.1 Å². The van der Waals surface area contributed by atoms with Gasteiger partial charge in [0, 0.05) is 11.1 Å². The van der Waals surface area contributed by atoms with E-state index in [1.165, 1.54) is 0 Å². The zero-order chi connectivity index (χ0) is 13.4. The maximum atomic E-state index is 13.0. The molecule has 7 heteroatoms. The Morgan fingerprint density at radius 2 is 1.76 bits per heavy atom. The molecule has 0 aliphatic heterocycles. The standard InChI is InChI=1S/C10H6F6O/c1-4(17)5-3-8(11)7(10(14,15)16)2-6(5)9(12)13/h2-3,9H,1H3. The fraction of sp³-hybridized carbons (Fsp3) is 0.300. The molecule has 0 aromatic heterocycles. The normalized spacial score (nSPS) is 12.0. The summed E-state index contributed by atoms with van der Waals surface area (Å²) in [6.07, 6.45) is -8.36. The van der Waals surface area contributed by atoms with Crippen molar-refractivity contribution in [3.05, 3.63) is 34.6 Å². The number of hydrogen-bond donors (Lipinski definition) is 0. The van der Waals surface area contributed by atoms with Crippen molar-refractivity contribution >= 4 is 5.78 Å². The molecule has 0 radical (unpaired) electrons. The lowest BCUT2D eigenvalue weighted by molar-refractivity contribution is -0.140. The summed E-state index contributed by atoms with van der Waals surface area (Å²) in [5.74, 6) is -2.67. The largest absolute Gasteiger partial charge is 0.419 e. The molecule has 0 fully saturated rings. The Morgan fingerprint density at radius 1 is 1.24 bits per heavy atom. The fourth-order valence-corrected chi connectivity index (χ4v) is 1.29. The Hall–Kier alpha value is -1.53. The highest BCUT2D eigenvalue weighted by atomic mass is 19.4. The van der Waals surface area contributed by atoms with Crippen LogP contribution in [0.4, 0.5) is 26.3 Å².